The molecule has 4 rings (SSSR count). The van der Waals surface area contributed by atoms with Gasteiger partial charge in [0.05, 0.1) is 29.7 Å². The molecule has 1 N–H and O–H groups in total. The predicted octanol–water partition coefficient (Wildman–Crippen LogP) is 5.26. The fourth-order valence-electron chi connectivity index (χ4n) is 4.92. The molecule has 0 saturated carbocycles. The Labute approximate surface area is 218 Å². The van der Waals surface area contributed by atoms with E-state index in [0.717, 1.165) is 41.4 Å². The maximum absolute atomic E-state index is 14.6. The van der Waals surface area contributed by atoms with E-state index in [1.807, 2.05) is 76.7 Å². The van der Waals surface area contributed by atoms with E-state index >= 15 is 0 Å². The second kappa shape index (κ2) is 11.2. The molecule has 0 spiro atoms. The molecule has 0 amide bonds. The Morgan fingerprint density at radius 3 is 1.95 bits per heavy atom. The summed E-state index contributed by atoms with van der Waals surface area (Å²) < 4.78 is 19.7. The van der Waals surface area contributed by atoms with E-state index in [4.69, 9.17) is 4.74 Å². The molecule has 3 aromatic carbocycles. The molecule has 0 aliphatic carbocycles. The second-order valence-corrected chi connectivity index (χ2v) is 10.0. The summed E-state index contributed by atoms with van der Waals surface area (Å²) in [5, 5.41) is 3.39. The molecule has 3 aromatic rings. The zero-order chi connectivity index (χ0) is 26.7. The van der Waals surface area contributed by atoms with E-state index in [1.54, 1.807) is 6.92 Å². The molecule has 0 fully saturated rings. The topological polar surface area (TPSA) is 61.9 Å². The van der Waals surface area contributed by atoms with Gasteiger partial charge in [0.25, 0.3) is 0 Å². The summed E-state index contributed by atoms with van der Waals surface area (Å²) in [5.41, 5.74) is 4.43. The maximum Gasteiger partial charge on any atom is 0.339 e. The summed E-state index contributed by atoms with van der Waals surface area (Å²) in [6.07, 6.45) is 0. The Bertz CT molecular complexity index is 1270. The Balaban J connectivity index is 1.82. The molecular formula is C30H34FN3O3. The molecular weight excluding hydrogens is 469 g/mol. The predicted molar refractivity (Wildman–Crippen MR) is 143 cm³/mol. The van der Waals surface area contributed by atoms with Gasteiger partial charge in [-0.15, -0.1) is 0 Å². The highest BCUT2D eigenvalue weighted by molar-refractivity contribution is 6.14. The lowest BCUT2D eigenvalue weighted by Gasteiger charge is -2.35. The fourth-order valence-corrected chi connectivity index (χ4v) is 4.92. The molecule has 0 saturated heterocycles. The van der Waals surface area contributed by atoms with Crippen LogP contribution in [0.3, 0.4) is 0 Å². The third-order valence-electron chi connectivity index (χ3n) is 6.45. The molecule has 0 unspecified atom stereocenters. The van der Waals surface area contributed by atoms with E-state index in [9.17, 15) is 14.0 Å². The first kappa shape index (κ1) is 26.5. The Morgan fingerprint density at radius 2 is 1.43 bits per heavy atom. The number of esters is 1. The van der Waals surface area contributed by atoms with Crippen molar-refractivity contribution in [1.82, 2.24) is 9.80 Å². The van der Waals surface area contributed by atoms with Gasteiger partial charge in [-0.2, -0.15) is 0 Å². The SMILES string of the molecule is CCOC(=O)c1cc(F)cc2c1C(=O)[C@H](c1ccc(CN(C)C)cc1)[C@@H](c1ccc(CN(C)C)cc1)N2. The molecule has 0 aromatic heterocycles. The van der Waals surface area contributed by atoms with Gasteiger partial charge in [-0.1, -0.05) is 48.5 Å². The van der Waals surface area contributed by atoms with Gasteiger partial charge in [0.2, 0.25) is 0 Å². The first-order chi connectivity index (χ1) is 17.7. The Hall–Kier alpha value is -3.55. The van der Waals surface area contributed by atoms with Crippen LogP contribution in [0.2, 0.25) is 0 Å². The summed E-state index contributed by atoms with van der Waals surface area (Å²) in [6, 6.07) is 18.0. The van der Waals surface area contributed by atoms with Crippen molar-refractivity contribution >= 4 is 17.4 Å². The highest BCUT2D eigenvalue weighted by Crippen LogP contribution is 2.44. The third kappa shape index (κ3) is 5.89. The van der Waals surface area contributed by atoms with Crippen LogP contribution in [-0.2, 0) is 17.8 Å². The van der Waals surface area contributed by atoms with E-state index < -0.39 is 23.7 Å². The summed E-state index contributed by atoms with van der Waals surface area (Å²) in [6.45, 7) is 3.39. The van der Waals surface area contributed by atoms with E-state index in [2.05, 4.69) is 15.1 Å². The number of hydrogen-bond donors (Lipinski definition) is 1. The van der Waals surface area contributed by atoms with Gasteiger partial charge in [0.1, 0.15) is 5.82 Å². The molecule has 37 heavy (non-hydrogen) atoms. The average molecular weight is 504 g/mol. The minimum atomic E-state index is -0.708. The van der Waals surface area contributed by atoms with Crippen LogP contribution < -0.4 is 5.32 Å². The number of nitrogens with zero attached hydrogens (tertiary/aromatic N) is 2. The standard InChI is InChI=1S/C30H34FN3O3/c1-6-37-30(36)24-15-23(31)16-25-27(24)29(35)26(21-11-7-19(8-12-21)17-33(2)3)28(32-25)22-13-9-20(10-14-22)18-34(4)5/h7-16,26,28,32H,6,17-18H2,1-5H3/t26-,28-/m1/s1. The van der Waals surface area contributed by atoms with Gasteiger partial charge in [0, 0.05) is 18.8 Å². The number of halogens is 1. The van der Waals surface area contributed by atoms with Gasteiger partial charge in [-0.05, 0) is 69.5 Å². The quantitative estimate of drug-likeness (QED) is 0.423. The highest BCUT2D eigenvalue weighted by atomic mass is 19.1. The number of carbonyl (C=O) groups excluding carboxylic acids is 2. The van der Waals surface area contributed by atoms with Gasteiger partial charge in [0.15, 0.2) is 5.78 Å². The lowest BCUT2D eigenvalue weighted by molar-refractivity contribution is 0.0522. The van der Waals surface area contributed by atoms with Gasteiger partial charge >= 0.3 is 5.97 Å². The number of ether oxygens (including phenoxy) is 1. The normalized spacial score (nSPS) is 17.0. The van der Waals surface area contributed by atoms with Crippen LogP contribution in [0.15, 0.2) is 60.7 Å². The molecule has 194 valence electrons. The number of benzene rings is 3. The lowest BCUT2D eigenvalue weighted by atomic mass is 9.77. The summed E-state index contributed by atoms with van der Waals surface area (Å²) >= 11 is 0. The molecule has 2 atom stereocenters. The average Bonchev–Trinajstić information content (AvgIpc) is 2.84. The van der Waals surface area contributed by atoms with Crippen LogP contribution in [0.4, 0.5) is 10.1 Å². The largest absolute Gasteiger partial charge is 0.462 e. The monoisotopic (exact) mass is 503 g/mol. The minimum Gasteiger partial charge on any atom is -0.462 e. The number of hydrogen-bond acceptors (Lipinski definition) is 6. The van der Waals surface area contributed by atoms with Crippen LogP contribution in [0.1, 0.15) is 61.9 Å². The van der Waals surface area contributed by atoms with Gasteiger partial charge in [-0.3, -0.25) is 4.79 Å². The molecule has 0 bridgehead atoms. The fraction of sp³-hybridized carbons (Fsp3) is 0.333. The minimum absolute atomic E-state index is 0.0524. The van der Waals surface area contributed by atoms with Crippen molar-refractivity contribution in [3.8, 4) is 0 Å². The van der Waals surface area contributed by atoms with Crippen LogP contribution in [-0.4, -0.2) is 56.3 Å². The zero-order valence-corrected chi connectivity index (χ0v) is 22.0. The van der Waals surface area contributed by atoms with Crippen LogP contribution in [0.5, 0.6) is 0 Å². The van der Waals surface area contributed by atoms with Crippen molar-refractivity contribution in [3.05, 3.63) is 99.9 Å². The number of carbonyl (C=O) groups is 2. The van der Waals surface area contributed by atoms with Crippen LogP contribution in [0.25, 0.3) is 0 Å². The van der Waals surface area contributed by atoms with Crippen molar-refractivity contribution in [2.24, 2.45) is 0 Å². The summed E-state index contributed by atoms with van der Waals surface area (Å²) in [7, 11) is 8.03. The highest BCUT2D eigenvalue weighted by Gasteiger charge is 2.40. The molecule has 1 heterocycles. The Kier molecular flexibility index (Phi) is 8.05. The number of nitrogens with one attached hydrogen (secondary N) is 1. The lowest BCUT2D eigenvalue weighted by Crippen LogP contribution is -2.33. The van der Waals surface area contributed by atoms with Crippen LogP contribution >= 0.6 is 0 Å². The number of fused-ring (bicyclic) bond motifs is 1. The smallest absolute Gasteiger partial charge is 0.339 e. The number of rotatable bonds is 8. The molecule has 7 heteroatoms. The van der Waals surface area contributed by atoms with Crippen molar-refractivity contribution in [2.75, 3.05) is 40.1 Å². The third-order valence-corrected chi connectivity index (χ3v) is 6.45. The molecule has 1 aliphatic rings. The van der Waals surface area contributed by atoms with Crippen molar-refractivity contribution in [2.45, 2.75) is 32.0 Å². The Morgan fingerprint density at radius 1 is 0.892 bits per heavy atom. The molecule has 0 radical (unpaired) electrons. The number of Topliss-reactive ketones (excluding diaryl/α,β-unsaturated/α-hetero) is 1. The van der Waals surface area contributed by atoms with Crippen molar-refractivity contribution < 1.29 is 18.7 Å². The van der Waals surface area contributed by atoms with Crippen molar-refractivity contribution in [3.63, 3.8) is 0 Å². The number of ketones is 1. The van der Waals surface area contributed by atoms with E-state index in [0.29, 0.717) is 5.69 Å². The summed E-state index contributed by atoms with van der Waals surface area (Å²) in [4.78, 5) is 31.0. The molecule has 1 aliphatic heterocycles. The van der Waals surface area contributed by atoms with E-state index in [-0.39, 0.29) is 23.5 Å². The van der Waals surface area contributed by atoms with Crippen LogP contribution in [0, 0.1) is 5.82 Å². The number of anilines is 1. The molecule has 6 nitrogen and oxygen atoms in total. The van der Waals surface area contributed by atoms with Gasteiger partial charge in [-0.25, -0.2) is 9.18 Å². The first-order valence-electron chi connectivity index (χ1n) is 12.5. The summed E-state index contributed by atoms with van der Waals surface area (Å²) in [5.74, 6) is -2.16. The van der Waals surface area contributed by atoms with Crippen molar-refractivity contribution in [1.29, 1.82) is 0 Å². The van der Waals surface area contributed by atoms with E-state index in [1.165, 1.54) is 6.07 Å². The second-order valence-electron chi connectivity index (χ2n) is 10.0. The maximum atomic E-state index is 14.6. The first-order valence-corrected chi connectivity index (χ1v) is 12.5. The van der Waals surface area contributed by atoms with Gasteiger partial charge < -0.3 is 19.9 Å². The zero-order valence-electron chi connectivity index (χ0n) is 22.0.